The zero-order valence-electron chi connectivity index (χ0n) is 24.1. The highest BCUT2D eigenvalue weighted by atomic mass is 32.1. The standard InChI is InChI=1S/C43H28S/c1-3-11-28(12-4-1)32-23-33(29-13-5-2-6-14-29)25-34(24-32)30-19-21-31(22-20-30)43-37-17-8-7-15-35(37)38-26-39-36-16-9-10-18-41(36)44-42(39)27-40(38)43/h1-27,43H. The van der Waals surface area contributed by atoms with Gasteiger partial charge in [0, 0.05) is 26.1 Å². The topological polar surface area (TPSA) is 0 Å². The lowest BCUT2D eigenvalue weighted by molar-refractivity contribution is 1.02. The van der Waals surface area contributed by atoms with Gasteiger partial charge in [0.2, 0.25) is 0 Å². The third kappa shape index (κ3) is 4.12. The Morgan fingerprint density at radius 2 is 0.909 bits per heavy atom. The van der Waals surface area contributed by atoms with Gasteiger partial charge >= 0.3 is 0 Å². The molecule has 0 amide bonds. The molecule has 0 radical (unpaired) electrons. The van der Waals surface area contributed by atoms with Gasteiger partial charge in [-0.3, -0.25) is 0 Å². The van der Waals surface area contributed by atoms with Gasteiger partial charge in [-0.05, 0) is 97.6 Å². The first-order valence-corrected chi connectivity index (χ1v) is 16.0. The van der Waals surface area contributed by atoms with Gasteiger partial charge in [-0.1, -0.05) is 127 Å². The molecule has 9 rings (SSSR count). The Labute approximate surface area is 261 Å². The molecule has 206 valence electrons. The van der Waals surface area contributed by atoms with Crippen molar-refractivity contribution in [3.05, 3.63) is 180 Å². The molecule has 7 aromatic carbocycles. The fourth-order valence-corrected chi connectivity index (χ4v) is 8.17. The first-order chi connectivity index (χ1) is 21.8. The van der Waals surface area contributed by atoms with E-state index in [4.69, 9.17) is 0 Å². The van der Waals surface area contributed by atoms with Crippen LogP contribution in [0.4, 0.5) is 0 Å². The predicted octanol–water partition coefficient (Wildman–Crippen LogP) is 12.2. The zero-order valence-corrected chi connectivity index (χ0v) is 24.9. The van der Waals surface area contributed by atoms with Crippen LogP contribution in [0.25, 0.3) is 64.7 Å². The van der Waals surface area contributed by atoms with Crippen molar-refractivity contribution in [3.8, 4) is 44.5 Å². The van der Waals surface area contributed by atoms with E-state index in [2.05, 4.69) is 164 Å². The minimum Gasteiger partial charge on any atom is -0.135 e. The molecule has 1 aliphatic carbocycles. The maximum Gasteiger partial charge on any atom is 0.0358 e. The van der Waals surface area contributed by atoms with Crippen LogP contribution in [0, 0.1) is 0 Å². The van der Waals surface area contributed by atoms with Crippen LogP contribution in [0.5, 0.6) is 0 Å². The molecular weight excluding hydrogens is 549 g/mol. The Bertz CT molecular complexity index is 2250. The van der Waals surface area contributed by atoms with Crippen molar-refractivity contribution in [2.24, 2.45) is 0 Å². The van der Waals surface area contributed by atoms with E-state index < -0.39 is 0 Å². The van der Waals surface area contributed by atoms with E-state index in [1.165, 1.54) is 81.4 Å². The lowest BCUT2D eigenvalue weighted by Crippen LogP contribution is -1.99. The fraction of sp³-hybridized carbons (Fsp3) is 0.0233. The molecule has 0 aliphatic heterocycles. The second-order valence-electron chi connectivity index (χ2n) is 11.7. The lowest BCUT2D eigenvalue weighted by atomic mass is 9.87. The van der Waals surface area contributed by atoms with Gasteiger partial charge in [0.05, 0.1) is 0 Å². The molecular formula is C43H28S. The number of rotatable bonds is 4. The number of benzene rings is 7. The van der Waals surface area contributed by atoms with Gasteiger partial charge < -0.3 is 0 Å². The van der Waals surface area contributed by atoms with Gasteiger partial charge in [-0.25, -0.2) is 0 Å². The van der Waals surface area contributed by atoms with Crippen molar-refractivity contribution in [1.82, 2.24) is 0 Å². The Hall–Kier alpha value is -5.24. The molecule has 1 heterocycles. The number of thiophene rings is 1. The van der Waals surface area contributed by atoms with Crippen molar-refractivity contribution in [3.63, 3.8) is 0 Å². The van der Waals surface area contributed by atoms with E-state index >= 15 is 0 Å². The molecule has 0 saturated heterocycles. The van der Waals surface area contributed by atoms with Crippen LogP contribution >= 0.6 is 11.3 Å². The summed E-state index contributed by atoms with van der Waals surface area (Å²) in [7, 11) is 0. The minimum atomic E-state index is 0.223. The number of hydrogen-bond donors (Lipinski definition) is 0. The number of fused-ring (bicyclic) bond motifs is 6. The Morgan fingerprint density at radius 1 is 0.341 bits per heavy atom. The predicted molar refractivity (Wildman–Crippen MR) is 188 cm³/mol. The average Bonchev–Trinajstić information content (AvgIpc) is 3.62. The maximum absolute atomic E-state index is 2.46. The van der Waals surface area contributed by atoms with E-state index in [1.807, 2.05) is 11.3 Å². The molecule has 0 nitrogen and oxygen atoms in total. The fourth-order valence-electron chi connectivity index (χ4n) is 7.04. The van der Waals surface area contributed by atoms with Gasteiger partial charge in [0.15, 0.2) is 0 Å². The van der Waals surface area contributed by atoms with Crippen molar-refractivity contribution in [2.45, 2.75) is 5.92 Å². The summed E-state index contributed by atoms with van der Waals surface area (Å²) in [6.07, 6.45) is 0. The molecule has 0 saturated carbocycles. The molecule has 0 N–H and O–H groups in total. The highest BCUT2D eigenvalue weighted by molar-refractivity contribution is 7.25. The summed E-state index contributed by atoms with van der Waals surface area (Å²) in [5, 5.41) is 2.72. The molecule has 1 aromatic heterocycles. The molecule has 0 bridgehead atoms. The Balaban J connectivity index is 1.16. The molecule has 1 aliphatic rings. The monoisotopic (exact) mass is 576 g/mol. The van der Waals surface area contributed by atoms with Gasteiger partial charge in [0.25, 0.3) is 0 Å². The first-order valence-electron chi connectivity index (χ1n) is 15.2. The summed E-state index contributed by atoms with van der Waals surface area (Å²) in [4.78, 5) is 0. The van der Waals surface area contributed by atoms with E-state index in [0.717, 1.165) is 0 Å². The Kier molecular flexibility index (Phi) is 5.85. The van der Waals surface area contributed by atoms with E-state index in [0.29, 0.717) is 0 Å². The van der Waals surface area contributed by atoms with Crippen LogP contribution < -0.4 is 0 Å². The summed E-state index contributed by atoms with van der Waals surface area (Å²) in [6, 6.07) is 60.3. The van der Waals surface area contributed by atoms with Crippen molar-refractivity contribution >= 4 is 31.5 Å². The van der Waals surface area contributed by atoms with Crippen LogP contribution in [0.3, 0.4) is 0 Å². The van der Waals surface area contributed by atoms with Crippen molar-refractivity contribution < 1.29 is 0 Å². The van der Waals surface area contributed by atoms with E-state index in [-0.39, 0.29) is 5.92 Å². The van der Waals surface area contributed by atoms with E-state index in [1.54, 1.807) is 0 Å². The highest BCUT2D eigenvalue weighted by Gasteiger charge is 2.30. The quantitative estimate of drug-likeness (QED) is 0.195. The summed E-state index contributed by atoms with van der Waals surface area (Å²) in [6.45, 7) is 0. The van der Waals surface area contributed by atoms with Gasteiger partial charge in [-0.15, -0.1) is 11.3 Å². The summed E-state index contributed by atoms with van der Waals surface area (Å²) < 4.78 is 2.72. The minimum absolute atomic E-state index is 0.223. The van der Waals surface area contributed by atoms with Gasteiger partial charge in [0.1, 0.15) is 0 Å². The molecule has 1 atom stereocenters. The molecule has 0 spiro atoms. The maximum atomic E-state index is 2.46. The first kappa shape index (κ1) is 25.3. The van der Waals surface area contributed by atoms with Crippen molar-refractivity contribution in [2.75, 3.05) is 0 Å². The molecule has 0 fully saturated rings. The average molecular weight is 577 g/mol. The van der Waals surface area contributed by atoms with E-state index in [9.17, 15) is 0 Å². The largest absolute Gasteiger partial charge is 0.135 e. The SMILES string of the molecule is c1ccc(-c2cc(-c3ccccc3)cc(-c3ccc(C4c5ccccc5-c5cc6c(cc54)sc4ccccc46)cc3)c2)cc1. The van der Waals surface area contributed by atoms with Crippen molar-refractivity contribution in [1.29, 1.82) is 0 Å². The van der Waals surface area contributed by atoms with Gasteiger partial charge in [-0.2, -0.15) is 0 Å². The molecule has 1 unspecified atom stereocenters. The molecule has 1 heteroatoms. The van der Waals surface area contributed by atoms with Crippen LogP contribution in [0.1, 0.15) is 22.6 Å². The third-order valence-electron chi connectivity index (χ3n) is 9.15. The lowest BCUT2D eigenvalue weighted by Gasteiger charge is -2.16. The second-order valence-corrected chi connectivity index (χ2v) is 12.8. The molecule has 8 aromatic rings. The summed E-state index contributed by atoms with van der Waals surface area (Å²) in [5.74, 6) is 0.223. The zero-order chi connectivity index (χ0) is 29.0. The highest BCUT2D eigenvalue weighted by Crippen LogP contribution is 2.51. The number of hydrogen-bond acceptors (Lipinski definition) is 1. The van der Waals surface area contributed by atoms with Crippen LogP contribution in [-0.4, -0.2) is 0 Å². The van der Waals surface area contributed by atoms with Crippen LogP contribution in [0.15, 0.2) is 164 Å². The Morgan fingerprint density at radius 3 is 1.59 bits per heavy atom. The normalized spacial score (nSPS) is 13.7. The summed E-state index contributed by atoms with van der Waals surface area (Å²) >= 11 is 1.90. The molecule has 44 heavy (non-hydrogen) atoms. The third-order valence-corrected chi connectivity index (χ3v) is 10.3. The van der Waals surface area contributed by atoms with Crippen LogP contribution in [0.2, 0.25) is 0 Å². The smallest absolute Gasteiger partial charge is 0.0358 e. The van der Waals surface area contributed by atoms with Crippen LogP contribution in [-0.2, 0) is 0 Å². The summed E-state index contributed by atoms with van der Waals surface area (Å²) in [5.41, 5.74) is 14.3. The second kappa shape index (κ2) is 10.2.